The van der Waals surface area contributed by atoms with Gasteiger partial charge in [-0.25, -0.2) is 0 Å². The molecule has 3 rings (SSSR count). The Labute approximate surface area is 165 Å². The molecule has 2 aromatic heterocycles. The molecule has 8 heteroatoms. The van der Waals surface area contributed by atoms with Crippen LogP contribution < -0.4 is 0 Å². The number of piperidine rings is 1. The number of aliphatic carboxylic acids is 1. The molecule has 8 nitrogen and oxygen atoms in total. The monoisotopic (exact) mass is 390 g/mol. The third kappa shape index (κ3) is 3.98. The Morgan fingerprint density at radius 3 is 2.75 bits per heavy atom. The van der Waals surface area contributed by atoms with Crippen LogP contribution in [0.25, 0.3) is 11.6 Å². The van der Waals surface area contributed by atoms with Crippen LogP contribution in [0.3, 0.4) is 0 Å². The minimum absolute atomic E-state index is 0.275. The Balaban J connectivity index is 1.74. The number of nitrogens with zero attached hydrogens (tertiary/aromatic N) is 4. The summed E-state index contributed by atoms with van der Waals surface area (Å²) in [5.41, 5.74) is 0.791. The van der Waals surface area contributed by atoms with E-state index in [-0.39, 0.29) is 6.54 Å². The highest BCUT2D eigenvalue weighted by molar-refractivity contribution is 5.76. The van der Waals surface area contributed by atoms with Crippen LogP contribution in [-0.4, -0.2) is 55.0 Å². The van der Waals surface area contributed by atoms with Crippen molar-refractivity contribution >= 4 is 5.97 Å². The third-order valence-corrected chi connectivity index (χ3v) is 5.87. The molecule has 2 aromatic rings. The Morgan fingerprint density at radius 2 is 2.14 bits per heavy atom. The second-order valence-electron chi connectivity index (χ2n) is 8.33. The van der Waals surface area contributed by atoms with Crippen molar-refractivity contribution < 1.29 is 19.4 Å². The lowest BCUT2D eigenvalue weighted by Gasteiger charge is -2.43. The lowest BCUT2D eigenvalue weighted by Crippen LogP contribution is -2.55. The fraction of sp³-hybridized carbons (Fsp3) is 0.650. The van der Waals surface area contributed by atoms with Gasteiger partial charge in [0.15, 0.2) is 0 Å². The summed E-state index contributed by atoms with van der Waals surface area (Å²) in [4.78, 5) is 14.1. The zero-order valence-corrected chi connectivity index (χ0v) is 17.1. The van der Waals surface area contributed by atoms with Crippen molar-refractivity contribution in [1.29, 1.82) is 0 Å². The highest BCUT2D eigenvalue weighted by atomic mass is 16.4. The van der Waals surface area contributed by atoms with Crippen LogP contribution in [0, 0.1) is 18.3 Å². The molecule has 1 aliphatic rings. The first kappa shape index (κ1) is 20.5. The van der Waals surface area contributed by atoms with Gasteiger partial charge in [-0.2, -0.15) is 0 Å². The SMILES string of the molecule is Cc1ccc(-c2nnc(CN3CC[C@@H](O)[C@](CCC(C)C)(C(=O)O)C3)o2)n1C. The molecular formula is C20H30N4O4. The van der Waals surface area contributed by atoms with Gasteiger partial charge in [0.05, 0.1) is 12.6 Å². The maximum absolute atomic E-state index is 12.1. The average molecular weight is 390 g/mol. The number of aromatic nitrogens is 3. The quantitative estimate of drug-likeness (QED) is 0.748. The van der Waals surface area contributed by atoms with Gasteiger partial charge in [0.1, 0.15) is 11.1 Å². The third-order valence-electron chi connectivity index (χ3n) is 5.87. The van der Waals surface area contributed by atoms with Gasteiger partial charge in [-0.1, -0.05) is 13.8 Å². The summed E-state index contributed by atoms with van der Waals surface area (Å²) in [6.45, 7) is 7.37. The first-order chi connectivity index (χ1) is 13.2. The average Bonchev–Trinajstić information content (AvgIpc) is 3.22. The van der Waals surface area contributed by atoms with Crippen LogP contribution in [0.2, 0.25) is 0 Å². The molecule has 154 valence electrons. The number of aliphatic hydroxyl groups is 1. The van der Waals surface area contributed by atoms with E-state index in [0.29, 0.717) is 43.6 Å². The van der Waals surface area contributed by atoms with E-state index in [4.69, 9.17) is 4.42 Å². The molecule has 0 aliphatic carbocycles. The predicted molar refractivity (Wildman–Crippen MR) is 103 cm³/mol. The molecule has 2 N–H and O–H groups in total. The minimum atomic E-state index is -1.15. The summed E-state index contributed by atoms with van der Waals surface area (Å²) in [5.74, 6) is 0.349. The molecular weight excluding hydrogens is 360 g/mol. The van der Waals surface area contributed by atoms with E-state index >= 15 is 0 Å². The zero-order chi connectivity index (χ0) is 20.5. The Morgan fingerprint density at radius 1 is 1.39 bits per heavy atom. The van der Waals surface area contributed by atoms with Crippen molar-refractivity contribution in [1.82, 2.24) is 19.7 Å². The molecule has 0 amide bonds. The van der Waals surface area contributed by atoms with Gasteiger partial charge < -0.3 is 19.2 Å². The maximum atomic E-state index is 12.1. The van der Waals surface area contributed by atoms with Gasteiger partial charge in [0.25, 0.3) is 5.89 Å². The number of aliphatic hydroxyl groups excluding tert-OH is 1. The van der Waals surface area contributed by atoms with Crippen molar-refractivity contribution in [3.05, 3.63) is 23.7 Å². The number of hydrogen-bond acceptors (Lipinski definition) is 6. The highest BCUT2D eigenvalue weighted by Crippen LogP contribution is 2.37. The first-order valence-electron chi connectivity index (χ1n) is 9.82. The fourth-order valence-corrected chi connectivity index (χ4v) is 3.85. The van der Waals surface area contributed by atoms with Crippen molar-refractivity contribution in [2.24, 2.45) is 18.4 Å². The van der Waals surface area contributed by atoms with Crippen LogP contribution >= 0.6 is 0 Å². The van der Waals surface area contributed by atoms with Crippen LogP contribution in [0.4, 0.5) is 0 Å². The second kappa shape index (κ2) is 8.05. The van der Waals surface area contributed by atoms with E-state index in [2.05, 4.69) is 24.0 Å². The Bertz CT molecular complexity index is 828. The lowest BCUT2D eigenvalue weighted by molar-refractivity contribution is -0.165. The molecule has 0 saturated carbocycles. The number of rotatable bonds is 7. The van der Waals surface area contributed by atoms with Gasteiger partial charge >= 0.3 is 5.97 Å². The zero-order valence-electron chi connectivity index (χ0n) is 17.1. The molecule has 0 unspecified atom stereocenters. The number of carboxylic acid groups (broad SMARTS) is 1. The number of carboxylic acids is 1. The van der Waals surface area contributed by atoms with Crippen LogP contribution in [0.15, 0.2) is 16.5 Å². The number of hydrogen-bond donors (Lipinski definition) is 2. The summed E-state index contributed by atoms with van der Waals surface area (Å²) in [5, 5.41) is 28.7. The van der Waals surface area contributed by atoms with Gasteiger partial charge in [-0.3, -0.25) is 9.69 Å². The maximum Gasteiger partial charge on any atom is 0.313 e. The highest BCUT2D eigenvalue weighted by Gasteiger charge is 2.48. The topological polar surface area (TPSA) is 105 Å². The van der Waals surface area contributed by atoms with E-state index in [1.165, 1.54) is 0 Å². The van der Waals surface area contributed by atoms with Gasteiger partial charge in [-0.15, -0.1) is 10.2 Å². The predicted octanol–water partition coefficient (Wildman–Crippen LogP) is 2.46. The summed E-state index contributed by atoms with van der Waals surface area (Å²) >= 11 is 0. The number of carbonyl (C=O) groups is 1. The molecule has 0 aromatic carbocycles. The second-order valence-corrected chi connectivity index (χ2v) is 8.33. The normalized spacial score (nSPS) is 23.4. The van der Waals surface area contributed by atoms with Gasteiger partial charge in [0.2, 0.25) is 5.89 Å². The molecule has 1 aliphatic heterocycles. The largest absolute Gasteiger partial charge is 0.481 e. The number of aryl methyl sites for hydroxylation is 1. The smallest absolute Gasteiger partial charge is 0.313 e. The molecule has 0 spiro atoms. The Hall–Kier alpha value is -2.19. The summed E-state index contributed by atoms with van der Waals surface area (Å²) in [6.07, 6.45) is 0.788. The molecule has 3 heterocycles. The summed E-state index contributed by atoms with van der Waals surface area (Å²) in [6, 6.07) is 3.92. The molecule has 0 radical (unpaired) electrons. The molecule has 1 fully saturated rings. The minimum Gasteiger partial charge on any atom is -0.481 e. The van der Waals surface area contributed by atoms with E-state index in [1.807, 2.05) is 35.6 Å². The van der Waals surface area contributed by atoms with Crippen LogP contribution in [-0.2, 0) is 18.4 Å². The molecule has 1 saturated heterocycles. The van der Waals surface area contributed by atoms with Gasteiger partial charge in [-0.05, 0) is 44.2 Å². The lowest BCUT2D eigenvalue weighted by atomic mass is 9.73. The summed E-state index contributed by atoms with van der Waals surface area (Å²) in [7, 11) is 1.94. The fourth-order valence-electron chi connectivity index (χ4n) is 3.85. The van der Waals surface area contributed by atoms with Crippen molar-refractivity contribution in [3.63, 3.8) is 0 Å². The standard InChI is InChI=1S/C20H30N4O4/c1-13(2)7-9-20(19(26)27)12-24(10-8-16(20)25)11-17-21-22-18(28-17)15-6-5-14(3)23(15)4/h5-6,13,16,25H,7-12H2,1-4H3,(H,26,27)/t16-,20-/m1/s1. The molecule has 2 atom stereocenters. The van der Waals surface area contributed by atoms with E-state index < -0.39 is 17.5 Å². The van der Waals surface area contributed by atoms with Gasteiger partial charge in [0, 0.05) is 25.8 Å². The van der Waals surface area contributed by atoms with Crippen molar-refractivity contribution in [3.8, 4) is 11.6 Å². The van der Waals surface area contributed by atoms with E-state index in [9.17, 15) is 15.0 Å². The molecule has 0 bridgehead atoms. The van der Waals surface area contributed by atoms with Crippen molar-refractivity contribution in [2.45, 2.75) is 52.7 Å². The first-order valence-corrected chi connectivity index (χ1v) is 9.82. The van der Waals surface area contributed by atoms with Crippen LogP contribution in [0.1, 0.15) is 44.7 Å². The molecule has 28 heavy (non-hydrogen) atoms. The van der Waals surface area contributed by atoms with Crippen molar-refractivity contribution in [2.75, 3.05) is 13.1 Å². The van der Waals surface area contributed by atoms with E-state index in [0.717, 1.165) is 17.8 Å². The Kier molecular flexibility index (Phi) is 5.90. The van der Waals surface area contributed by atoms with Crippen LogP contribution in [0.5, 0.6) is 0 Å². The summed E-state index contributed by atoms with van der Waals surface area (Å²) < 4.78 is 7.81. The number of likely N-dealkylation sites (tertiary alicyclic amines) is 1. The van der Waals surface area contributed by atoms with E-state index in [1.54, 1.807) is 0 Å².